The number of carbonyl (C=O) groups is 4. The summed E-state index contributed by atoms with van der Waals surface area (Å²) in [5.41, 5.74) is -1.63. The van der Waals surface area contributed by atoms with Crippen molar-refractivity contribution in [2.45, 2.75) is 39.8 Å². The molecule has 0 unspecified atom stereocenters. The first-order valence-electron chi connectivity index (χ1n) is 14.4. The molecule has 0 aliphatic rings. The molecule has 0 aliphatic carbocycles. The summed E-state index contributed by atoms with van der Waals surface area (Å²) in [7, 11) is 0. The molecule has 0 radical (unpaired) electrons. The van der Waals surface area contributed by atoms with Crippen LogP contribution in [0.2, 0.25) is 10.0 Å². The standard InChI is InChI=1S/C32H26Cl2N6O10/c1-5-15-37-31(25(17(3)35-37)29(43)19-9-7-11-21(27(19)33)39(45)46)49-23(41)13-14-24(42)50-32-26(18(4)36-38(32)16-6-2)30(44)20-10-8-12-22(28(20)34)40(47)48/h5-12H,1-2,13-16H2,3-4H3. The second-order valence-electron chi connectivity index (χ2n) is 10.4. The maximum absolute atomic E-state index is 13.6. The SMILES string of the molecule is C=CCn1nc(C)c(C(=O)c2cccc([N+](=O)[O-])c2Cl)c1OC(=O)CCC(=O)Oc1c(C(=O)c2cccc([N+](=O)[O-])c2Cl)c(C)nn1CC=C. The number of benzene rings is 2. The highest BCUT2D eigenvalue weighted by Gasteiger charge is 2.31. The number of nitrogens with zero attached hydrogens (tertiary/aromatic N) is 6. The fourth-order valence-corrected chi connectivity index (χ4v) is 5.37. The Morgan fingerprint density at radius 2 is 1.10 bits per heavy atom. The van der Waals surface area contributed by atoms with E-state index in [2.05, 4.69) is 23.4 Å². The number of hydrogen-bond acceptors (Lipinski definition) is 12. The fourth-order valence-electron chi connectivity index (χ4n) is 4.81. The number of rotatable bonds is 15. The Morgan fingerprint density at radius 1 is 0.740 bits per heavy atom. The van der Waals surface area contributed by atoms with Gasteiger partial charge in [-0.05, 0) is 26.0 Å². The zero-order chi connectivity index (χ0) is 36.9. The lowest BCUT2D eigenvalue weighted by Gasteiger charge is -2.11. The third-order valence-corrected chi connectivity index (χ3v) is 7.81. The quantitative estimate of drug-likeness (QED) is 0.0458. The molecule has 0 N–H and O–H groups in total. The second-order valence-corrected chi connectivity index (χ2v) is 11.1. The van der Waals surface area contributed by atoms with Crippen molar-refractivity contribution in [3.63, 3.8) is 0 Å². The van der Waals surface area contributed by atoms with Gasteiger partial charge in [0.15, 0.2) is 0 Å². The van der Waals surface area contributed by atoms with Crippen LogP contribution in [-0.4, -0.2) is 52.9 Å². The highest BCUT2D eigenvalue weighted by atomic mass is 35.5. The molecular weight excluding hydrogens is 699 g/mol. The van der Waals surface area contributed by atoms with Gasteiger partial charge in [-0.15, -0.1) is 13.2 Å². The van der Waals surface area contributed by atoms with Gasteiger partial charge in [-0.2, -0.15) is 10.2 Å². The number of ether oxygens (including phenoxy) is 2. The number of hydrogen-bond donors (Lipinski definition) is 0. The van der Waals surface area contributed by atoms with Crippen LogP contribution in [0.4, 0.5) is 11.4 Å². The van der Waals surface area contributed by atoms with Gasteiger partial charge >= 0.3 is 11.9 Å². The summed E-state index contributed by atoms with van der Waals surface area (Å²) in [5, 5.41) is 30.4. The normalized spacial score (nSPS) is 10.7. The first-order valence-corrected chi connectivity index (χ1v) is 15.2. The summed E-state index contributed by atoms with van der Waals surface area (Å²) in [6.07, 6.45) is 1.70. The minimum absolute atomic E-state index is 0.000513. The van der Waals surface area contributed by atoms with E-state index in [0.29, 0.717) is 0 Å². The molecule has 2 aromatic carbocycles. The highest BCUT2D eigenvalue weighted by molar-refractivity contribution is 6.37. The number of aryl methyl sites for hydroxylation is 2. The molecule has 2 aromatic heterocycles. The van der Waals surface area contributed by atoms with Gasteiger partial charge in [0.25, 0.3) is 11.4 Å². The molecule has 16 nitrogen and oxygen atoms in total. The summed E-state index contributed by atoms with van der Waals surface area (Å²) >= 11 is 12.3. The van der Waals surface area contributed by atoms with Crippen molar-refractivity contribution in [3.8, 4) is 11.8 Å². The smallest absolute Gasteiger partial charge is 0.313 e. The van der Waals surface area contributed by atoms with Crippen LogP contribution in [-0.2, 0) is 22.7 Å². The lowest BCUT2D eigenvalue weighted by molar-refractivity contribution is -0.384. The van der Waals surface area contributed by atoms with Gasteiger partial charge in [0.2, 0.25) is 23.3 Å². The van der Waals surface area contributed by atoms with Crippen molar-refractivity contribution in [1.29, 1.82) is 0 Å². The second kappa shape index (κ2) is 15.5. The maximum Gasteiger partial charge on any atom is 0.313 e. The molecule has 4 rings (SSSR count). The van der Waals surface area contributed by atoms with Crippen molar-refractivity contribution < 1.29 is 38.5 Å². The van der Waals surface area contributed by atoms with Gasteiger partial charge in [-0.1, -0.05) is 47.5 Å². The zero-order valence-corrected chi connectivity index (χ0v) is 27.9. The Balaban J connectivity index is 1.58. The van der Waals surface area contributed by atoms with Crippen LogP contribution >= 0.6 is 23.2 Å². The number of ketones is 2. The van der Waals surface area contributed by atoms with E-state index in [-0.39, 0.29) is 58.5 Å². The number of nitro groups is 2. The molecule has 0 saturated heterocycles. The van der Waals surface area contributed by atoms with Gasteiger partial charge in [-0.3, -0.25) is 39.4 Å². The van der Waals surface area contributed by atoms with Crippen LogP contribution in [0.15, 0.2) is 61.7 Å². The topological polar surface area (TPSA) is 209 Å². The van der Waals surface area contributed by atoms with Crippen molar-refractivity contribution in [1.82, 2.24) is 19.6 Å². The van der Waals surface area contributed by atoms with Crippen molar-refractivity contribution in [2.24, 2.45) is 0 Å². The molecule has 2 heterocycles. The Morgan fingerprint density at radius 3 is 1.42 bits per heavy atom. The summed E-state index contributed by atoms with van der Waals surface area (Å²) in [6.45, 7) is 10.2. The van der Waals surface area contributed by atoms with E-state index in [9.17, 15) is 39.4 Å². The molecule has 0 fully saturated rings. The number of halogens is 2. The van der Waals surface area contributed by atoms with Gasteiger partial charge in [0, 0.05) is 23.3 Å². The summed E-state index contributed by atoms with van der Waals surface area (Å²) < 4.78 is 13.3. The number of aromatic nitrogens is 4. The van der Waals surface area contributed by atoms with Gasteiger partial charge < -0.3 is 9.47 Å². The molecule has 0 saturated carbocycles. The van der Waals surface area contributed by atoms with Crippen molar-refractivity contribution >= 4 is 58.1 Å². The lowest BCUT2D eigenvalue weighted by atomic mass is 10.0. The van der Waals surface area contributed by atoms with Crippen LogP contribution in [0, 0.1) is 34.1 Å². The number of carbonyl (C=O) groups excluding carboxylic acids is 4. The Labute approximate surface area is 292 Å². The van der Waals surface area contributed by atoms with Gasteiger partial charge in [0.05, 0.1) is 47.2 Å². The van der Waals surface area contributed by atoms with E-state index in [1.54, 1.807) is 0 Å². The average Bonchev–Trinajstić information content (AvgIpc) is 3.53. The molecule has 0 spiro atoms. The van der Waals surface area contributed by atoms with Crippen LogP contribution < -0.4 is 9.47 Å². The molecular formula is C32H26Cl2N6O10. The van der Waals surface area contributed by atoms with E-state index in [1.807, 2.05) is 0 Å². The summed E-state index contributed by atoms with van der Waals surface area (Å²) in [6, 6.07) is 7.35. The number of allylic oxidation sites excluding steroid dienone is 2. The number of esters is 2. The third-order valence-electron chi connectivity index (χ3n) is 7.01. The van der Waals surface area contributed by atoms with Gasteiger partial charge in [0.1, 0.15) is 21.2 Å². The Bertz CT molecular complexity index is 1950. The Hall–Kier alpha value is -6.00. The number of nitro benzene ring substituents is 2. The summed E-state index contributed by atoms with van der Waals surface area (Å²) in [5.74, 6) is -4.20. The summed E-state index contributed by atoms with van der Waals surface area (Å²) in [4.78, 5) is 74.5. The predicted molar refractivity (Wildman–Crippen MR) is 178 cm³/mol. The molecule has 0 bridgehead atoms. The predicted octanol–water partition coefficient (Wildman–Crippen LogP) is 5.94. The lowest BCUT2D eigenvalue weighted by Crippen LogP contribution is -2.19. The molecule has 0 amide bonds. The maximum atomic E-state index is 13.6. The minimum Gasteiger partial charge on any atom is -0.407 e. The Kier molecular flexibility index (Phi) is 11.4. The highest BCUT2D eigenvalue weighted by Crippen LogP contribution is 2.35. The van der Waals surface area contributed by atoms with E-state index in [0.717, 1.165) is 12.1 Å². The molecule has 0 aliphatic heterocycles. The van der Waals surface area contributed by atoms with Crippen LogP contribution in [0.1, 0.15) is 56.1 Å². The van der Waals surface area contributed by atoms with E-state index in [1.165, 1.54) is 59.6 Å². The van der Waals surface area contributed by atoms with Crippen molar-refractivity contribution in [2.75, 3.05) is 0 Å². The largest absolute Gasteiger partial charge is 0.407 e. The van der Waals surface area contributed by atoms with Crippen LogP contribution in [0.25, 0.3) is 0 Å². The van der Waals surface area contributed by atoms with Crippen molar-refractivity contribution in [3.05, 3.63) is 126 Å². The van der Waals surface area contributed by atoms with E-state index < -0.39 is 67.6 Å². The minimum atomic E-state index is -0.984. The molecule has 258 valence electrons. The monoisotopic (exact) mass is 724 g/mol. The molecule has 4 aromatic rings. The van der Waals surface area contributed by atoms with Gasteiger partial charge in [-0.25, -0.2) is 9.36 Å². The first-order chi connectivity index (χ1) is 23.7. The first kappa shape index (κ1) is 36.8. The third kappa shape index (κ3) is 7.50. The van der Waals surface area contributed by atoms with Crippen LogP contribution in [0.3, 0.4) is 0 Å². The van der Waals surface area contributed by atoms with E-state index in [4.69, 9.17) is 32.7 Å². The van der Waals surface area contributed by atoms with Crippen LogP contribution in [0.5, 0.6) is 11.8 Å². The molecule has 18 heteroatoms. The molecule has 50 heavy (non-hydrogen) atoms. The molecule has 0 atom stereocenters. The zero-order valence-electron chi connectivity index (χ0n) is 26.4. The average molecular weight is 725 g/mol. The van der Waals surface area contributed by atoms with E-state index >= 15 is 0 Å². The fraction of sp³-hybridized carbons (Fsp3) is 0.188.